The average Bonchev–Trinajstić information content (AvgIpc) is 2.48. The minimum atomic E-state index is 0.453. The van der Waals surface area contributed by atoms with Crippen LogP contribution in [0, 0.1) is 6.92 Å². The number of benzene rings is 1. The molecule has 2 heterocycles. The van der Waals surface area contributed by atoms with Crippen molar-refractivity contribution in [3.63, 3.8) is 0 Å². The molecular formula is C17H26N2O. The molecule has 1 fully saturated rings. The highest BCUT2D eigenvalue weighted by Crippen LogP contribution is 2.38. The van der Waals surface area contributed by atoms with E-state index in [-0.39, 0.29) is 0 Å². The lowest BCUT2D eigenvalue weighted by atomic mass is 9.83. The molecule has 1 N–H and O–H groups in total. The Labute approximate surface area is 122 Å². The van der Waals surface area contributed by atoms with E-state index in [2.05, 4.69) is 36.3 Å². The Morgan fingerprint density at radius 3 is 2.70 bits per heavy atom. The quantitative estimate of drug-likeness (QED) is 0.896. The van der Waals surface area contributed by atoms with Gasteiger partial charge in [-0.05, 0) is 76.0 Å². The molecule has 0 amide bonds. The second kappa shape index (κ2) is 5.74. The topological polar surface area (TPSA) is 24.5 Å². The van der Waals surface area contributed by atoms with Crippen LogP contribution in [0.3, 0.4) is 0 Å². The summed E-state index contributed by atoms with van der Waals surface area (Å²) in [6.45, 7) is 5.38. The number of fused-ring (bicyclic) bond motifs is 1. The monoisotopic (exact) mass is 274 g/mol. The van der Waals surface area contributed by atoms with Gasteiger partial charge < -0.3 is 15.0 Å². The van der Waals surface area contributed by atoms with E-state index >= 15 is 0 Å². The van der Waals surface area contributed by atoms with E-state index in [0.29, 0.717) is 12.0 Å². The summed E-state index contributed by atoms with van der Waals surface area (Å²) in [6.07, 6.45) is 3.65. The van der Waals surface area contributed by atoms with E-state index in [1.165, 1.54) is 37.1 Å². The highest BCUT2D eigenvalue weighted by molar-refractivity contribution is 5.49. The molecule has 1 saturated heterocycles. The van der Waals surface area contributed by atoms with Gasteiger partial charge in [0.2, 0.25) is 0 Å². The first kappa shape index (κ1) is 13.9. The van der Waals surface area contributed by atoms with Crippen molar-refractivity contribution in [2.45, 2.75) is 38.1 Å². The smallest absolute Gasteiger partial charge is 0.125 e. The zero-order chi connectivity index (χ0) is 14.1. The Morgan fingerprint density at radius 1 is 1.25 bits per heavy atom. The van der Waals surface area contributed by atoms with Crippen LogP contribution in [0.25, 0.3) is 0 Å². The summed E-state index contributed by atoms with van der Waals surface area (Å²) >= 11 is 0. The van der Waals surface area contributed by atoms with Gasteiger partial charge in [0.1, 0.15) is 12.4 Å². The highest BCUT2D eigenvalue weighted by Gasteiger charge is 2.27. The number of likely N-dealkylation sites (tertiary alicyclic amines) is 1. The summed E-state index contributed by atoms with van der Waals surface area (Å²) in [4.78, 5) is 2.43. The maximum atomic E-state index is 6.04. The van der Waals surface area contributed by atoms with Gasteiger partial charge in [-0.2, -0.15) is 0 Å². The number of aryl methyl sites for hydroxylation is 1. The van der Waals surface area contributed by atoms with Crippen LogP contribution in [-0.4, -0.2) is 44.7 Å². The number of hydrogen-bond donors (Lipinski definition) is 1. The molecule has 2 aliphatic rings. The first-order chi connectivity index (χ1) is 9.69. The lowest BCUT2D eigenvalue weighted by Gasteiger charge is -2.34. The molecule has 0 spiro atoms. The standard InChI is InChI=1S/C17H26N2O/c1-12-4-5-15(13-6-8-19(3)9-7-13)16-10-14(18-2)11-20-17(12)16/h4-5,13-14,18H,6-11H2,1-3H3/t14-/m1/s1. The SMILES string of the molecule is CN[C@H]1COc2c(C)ccc(C3CCN(C)CC3)c2C1. The first-order valence-electron chi connectivity index (χ1n) is 7.80. The van der Waals surface area contributed by atoms with Crippen molar-refractivity contribution in [3.05, 3.63) is 28.8 Å². The molecule has 0 bridgehead atoms. The van der Waals surface area contributed by atoms with E-state index in [0.717, 1.165) is 18.8 Å². The van der Waals surface area contributed by atoms with Crippen molar-refractivity contribution < 1.29 is 4.74 Å². The fraction of sp³-hybridized carbons (Fsp3) is 0.647. The van der Waals surface area contributed by atoms with Crippen LogP contribution >= 0.6 is 0 Å². The number of hydrogen-bond acceptors (Lipinski definition) is 3. The summed E-state index contributed by atoms with van der Waals surface area (Å²) in [7, 11) is 4.25. The van der Waals surface area contributed by atoms with Crippen molar-refractivity contribution in [2.75, 3.05) is 33.8 Å². The van der Waals surface area contributed by atoms with E-state index < -0.39 is 0 Å². The van der Waals surface area contributed by atoms with Crippen LogP contribution in [0.15, 0.2) is 12.1 Å². The third-order valence-electron chi connectivity index (χ3n) is 4.94. The minimum absolute atomic E-state index is 0.453. The Hall–Kier alpha value is -1.06. The summed E-state index contributed by atoms with van der Waals surface area (Å²) in [5.74, 6) is 1.87. The molecule has 2 aliphatic heterocycles. The zero-order valence-electron chi connectivity index (χ0n) is 12.9. The predicted octanol–water partition coefficient (Wildman–Crippen LogP) is 2.33. The van der Waals surface area contributed by atoms with Gasteiger partial charge >= 0.3 is 0 Å². The van der Waals surface area contributed by atoms with Gasteiger partial charge in [-0.3, -0.25) is 0 Å². The lowest BCUT2D eigenvalue weighted by molar-refractivity contribution is 0.236. The van der Waals surface area contributed by atoms with Crippen molar-refractivity contribution in [1.29, 1.82) is 0 Å². The fourth-order valence-corrected chi connectivity index (χ4v) is 3.55. The fourth-order valence-electron chi connectivity index (χ4n) is 3.55. The molecular weight excluding hydrogens is 248 g/mol. The van der Waals surface area contributed by atoms with Gasteiger partial charge in [0.25, 0.3) is 0 Å². The van der Waals surface area contributed by atoms with Crippen molar-refractivity contribution in [1.82, 2.24) is 10.2 Å². The molecule has 20 heavy (non-hydrogen) atoms. The molecule has 110 valence electrons. The van der Waals surface area contributed by atoms with E-state index in [9.17, 15) is 0 Å². The molecule has 0 aromatic heterocycles. The zero-order valence-corrected chi connectivity index (χ0v) is 12.9. The summed E-state index contributed by atoms with van der Waals surface area (Å²) in [6, 6.07) is 5.05. The molecule has 1 aromatic rings. The van der Waals surface area contributed by atoms with Gasteiger partial charge in [-0.25, -0.2) is 0 Å². The van der Waals surface area contributed by atoms with Crippen LogP contribution in [-0.2, 0) is 6.42 Å². The normalized spacial score (nSPS) is 24.2. The second-order valence-corrected chi connectivity index (χ2v) is 6.36. The van der Waals surface area contributed by atoms with Crippen LogP contribution < -0.4 is 10.1 Å². The Balaban J connectivity index is 1.91. The van der Waals surface area contributed by atoms with Crippen molar-refractivity contribution in [3.8, 4) is 5.75 Å². The van der Waals surface area contributed by atoms with Gasteiger partial charge in [-0.1, -0.05) is 12.1 Å². The number of rotatable bonds is 2. The van der Waals surface area contributed by atoms with Crippen LogP contribution in [0.2, 0.25) is 0 Å². The van der Waals surface area contributed by atoms with Crippen molar-refractivity contribution in [2.24, 2.45) is 0 Å². The second-order valence-electron chi connectivity index (χ2n) is 6.36. The average molecular weight is 274 g/mol. The molecule has 1 aromatic carbocycles. The van der Waals surface area contributed by atoms with Crippen LogP contribution in [0.5, 0.6) is 5.75 Å². The van der Waals surface area contributed by atoms with Crippen molar-refractivity contribution >= 4 is 0 Å². The number of nitrogens with one attached hydrogen (secondary N) is 1. The van der Waals surface area contributed by atoms with Gasteiger partial charge in [0.05, 0.1) is 0 Å². The molecule has 3 rings (SSSR count). The Kier molecular flexibility index (Phi) is 3.99. The van der Waals surface area contributed by atoms with E-state index in [1.54, 1.807) is 5.56 Å². The van der Waals surface area contributed by atoms with Gasteiger partial charge in [0.15, 0.2) is 0 Å². The maximum Gasteiger partial charge on any atom is 0.125 e. The number of piperidine rings is 1. The maximum absolute atomic E-state index is 6.04. The molecule has 0 aliphatic carbocycles. The minimum Gasteiger partial charge on any atom is -0.491 e. The molecule has 3 nitrogen and oxygen atoms in total. The van der Waals surface area contributed by atoms with E-state index in [1.807, 2.05) is 7.05 Å². The van der Waals surface area contributed by atoms with Gasteiger partial charge in [0, 0.05) is 6.04 Å². The van der Waals surface area contributed by atoms with Crippen LogP contribution in [0.4, 0.5) is 0 Å². The summed E-state index contributed by atoms with van der Waals surface area (Å²) in [5, 5.41) is 3.37. The Morgan fingerprint density at radius 2 is 2.00 bits per heavy atom. The number of likely N-dealkylation sites (N-methyl/N-ethyl adjacent to an activating group) is 1. The molecule has 3 heteroatoms. The lowest BCUT2D eigenvalue weighted by Crippen LogP contribution is -2.38. The van der Waals surface area contributed by atoms with E-state index in [4.69, 9.17) is 4.74 Å². The largest absolute Gasteiger partial charge is 0.491 e. The third-order valence-corrected chi connectivity index (χ3v) is 4.94. The highest BCUT2D eigenvalue weighted by atomic mass is 16.5. The Bertz CT molecular complexity index is 478. The number of nitrogens with zero attached hydrogens (tertiary/aromatic N) is 1. The van der Waals surface area contributed by atoms with Gasteiger partial charge in [-0.15, -0.1) is 0 Å². The number of ether oxygens (including phenoxy) is 1. The van der Waals surface area contributed by atoms with Crippen LogP contribution in [0.1, 0.15) is 35.4 Å². The summed E-state index contributed by atoms with van der Waals surface area (Å²) < 4.78 is 6.04. The molecule has 1 atom stereocenters. The summed E-state index contributed by atoms with van der Waals surface area (Å²) in [5.41, 5.74) is 4.29. The molecule has 0 unspecified atom stereocenters. The molecule has 0 saturated carbocycles. The third kappa shape index (κ3) is 2.57. The first-order valence-corrected chi connectivity index (χ1v) is 7.80. The molecule has 0 radical (unpaired) electrons. The predicted molar refractivity (Wildman–Crippen MR) is 82.7 cm³/mol.